The third kappa shape index (κ3) is 4.65. The average molecular weight is 271 g/mol. The van der Waals surface area contributed by atoms with E-state index in [1.807, 2.05) is 30.3 Å². The number of methoxy groups -OCH3 is 1. The molecule has 1 rings (SSSR count). The first kappa shape index (κ1) is 11.8. The number of benzene rings is 1. The van der Waals surface area contributed by atoms with Crippen molar-refractivity contribution in [2.45, 2.75) is 0 Å². The van der Waals surface area contributed by atoms with Crippen molar-refractivity contribution in [1.82, 2.24) is 0 Å². The summed E-state index contributed by atoms with van der Waals surface area (Å²) in [5, 5.41) is 0. The number of carbonyl (C=O) groups is 1. The molecule has 0 saturated carbocycles. The fourth-order valence-corrected chi connectivity index (χ4v) is 1.20. The van der Waals surface area contributed by atoms with Crippen molar-refractivity contribution in [3.8, 4) is 0 Å². The summed E-state index contributed by atoms with van der Waals surface area (Å²) in [6.07, 6.45) is 2.95. The van der Waals surface area contributed by atoms with Crippen LogP contribution in [0.5, 0.6) is 0 Å². The Bertz CT molecular complexity index is 343. The van der Waals surface area contributed by atoms with Crippen molar-refractivity contribution in [3.63, 3.8) is 0 Å². The summed E-state index contributed by atoms with van der Waals surface area (Å²) < 4.78 is 10.0. The number of hydrogen-bond acceptors (Lipinski definition) is 3. The van der Waals surface area contributed by atoms with E-state index in [0.29, 0.717) is 0 Å². The maximum absolute atomic E-state index is 10.6. The van der Waals surface area contributed by atoms with E-state index >= 15 is 0 Å². The minimum Gasteiger partial charge on any atom is -0.438 e. The summed E-state index contributed by atoms with van der Waals surface area (Å²) >= 11 is 3.35. The summed E-state index contributed by atoms with van der Waals surface area (Å²) in [7, 11) is 1.28. The molecule has 0 bridgehead atoms. The van der Waals surface area contributed by atoms with Crippen LogP contribution in [-0.4, -0.2) is 19.9 Å². The van der Waals surface area contributed by atoms with Crippen LogP contribution < -0.4 is 0 Å². The fraction of sp³-hybridized carbons (Fsp3) is 0.182. The van der Waals surface area contributed by atoms with Crippen LogP contribution in [-0.2, 0) is 9.47 Å². The Morgan fingerprint density at radius 2 is 2.07 bits per heavy atom. The highest BCUT2D eigenvalue weighted by atomic mass is 79.9. The Labute approximate surface area is 96.8 Å². The highest BCUT2D eigenvalue weighted by molar-refractivity contribution is 9.10. The predicted octanol–water partition coefficient (Wildman–Crippen LogP) is 3.25. The Hall–Kier alpha value is -1.29. The van der Waals surface area contributed by atoms with Crippen LogP contribution in [0.1, 0.15) is 5.56 Å². The van der Waals surface area contributed by atoms with Gasteiger partial charge in [-0.25, -0.2) is 4.79 Å². The standard InChI is InChI=1S/C11H11BrO3/c1-14-11(13)15-8-2-3-9-4-6-10(12)7-5-9/h2-7H,8H2,1H3. The summed E-state index contributed by atoms with van der Waals surface area (Å²) in [6, 6.07) is 7.80. The van der Waals surface area contributed by atoms with E-state index in [1.165, 1.54) is 7.11 Å². The van der Waals surface area contributed by atoms with Crippen LogP contribution in [0.15, 0.2) is 34.8 Å². The van der Waals surface area contributed by atoms with Crippen LogP contribution in [0.3, 0.4) is 0 Å². The molecule has 0 N–H and O–H groups in total. The van der Waals surface area contributed by atoms with Gasteiger partial charge in [-0.15, -0.1) is 0 Å². The molecule has 0 saturated heterocycles. The number of hydrogen-bond donors (Lipinski definition) is 0. The van der Waals surface area contributed by atoms with Gasteiger partial charge in [-0.1, -0.05) is 34.1 Å². The molecule has 4 heteroatoms. The van der Waals surface area contributed by atoms with E-state index in [1.54, 1.807) is 6.08 Å². The molecular formula is C11H11BrO3. The SMILES string of the molecule is COC(=O)OCC=Cc1ccc(Br)cc1. The largest absolute Gasteiger partial charge is 0.508 e. The van der Waals surface area contributed by atoms with Gasteiger partial charge in [0.15, 0.2) is 0 Å². The first-order valence-corrected chi connectivity index (χ1v) is 5.14. The zero-order valence-corrected chi connectivity index (χ0v) is 9.86. The van der Waals surface area contributed by atoms with Gasteiger partial charge in [0.1, 0.15) is 6.61 Å². The van der Waals surface area contributed by atoms with Gasteiger partial charge in [0.2, 0.25) is 0 Å². The monoisotopic (exact) mass is 270 g/mol. The molecule has 0 aliphatic heterocycles. The lowest BCUT2D eigenvalue weighted by Gasteiger charge is -1.98. The molecule has 1 aromatic carbocycles. The van der Waals surface area contributed by atoms with Crippen molar-refractivity contribution in [2.24, 2.45) is 0 Å². The molecule has 0 amide bonds. The smallest absolute Gasteiger partial charge is 0.438 e. The van der Waals surface area contributed by atoms with Crippen LogP contribution in [0.2, 0.25) is 0 Å². The topological polar surface area (TPSA) is 35.5 Å². The molecule has 15 heavy (non-hydrogen) atoms. The van der Waals surface area contributed by atoms with Gasteiger partial charge in [-0.2, -0.15) is 0 Å². The predicted molar refractivity (Wildman–Crippen MR) is 61.5 cm³/mol. The zero-order chi connectivity index (χ0) is 11.1. The highest BCUT2D eigenvalue weighted by Crippen LogP contribution is 2.11. The maximum Gasteiger partial charge on any atom is 0.508 e. The molecule has 3 nitrogen and oxygen atoms in total. The molecule has 0 fully saturated rings. The van der Waals surface area contributed by atoms with Gasteiger partial charge in [-0.3, -0.25) is 0 Å². The summed E-state index contributed by atoms with van der Waals surface area (Å²) in [5.74, 6) is 0. The molecular weight excluding hydrogens is 260 g/mol. The van der Waals surface area contributed by atoms with Crippen LogP contribution in [0, 0.1) is 0 Å². The lowest BCUT2D eigenvalue weighted by atomic mass is 10.2. The average Bonchev–Trinajstić information content (AvgIpc) is 2.26. The first-order chi connectivity index (χ1) is 7.22. The molecule has 80 valence electrons. The van der Waals surface area contributed by atoms with Gasteiger partial charge in [0.05, 0.1) is 7.11 Å². The highest BCUT2D eigenvalue weighted by Gasteiger charge is 1.95. The van der Waals surface area contributed by atoms with E-state index < -0.39 is 6.16 Å². The lowest BCUT2D eigenvalue weighted by molar-refractivity contribution is 0.0819. The van der Waals surface area contributed by atoms with Gasteiger partial charge in [0, 0.05) is 4.47 Å². The Balaban J connectivity index is 2.38. The summed E-state index contributed by atoms with van der Waals surface area (Å²) in [4.78, 5) is 10.6. The molecule has 0 aliphatic rings. The van der Waals surface area contributed by atoms with Gasteiger partial charge < -0.3 is 9.47 Å². The Morgan fingerprint density at radius 1 is 1.40 bits per heavy atom. The van der Waals surface area contributed by atoms with E-state index in [0.717, 1.165) is 10.0 Å². The van der Waals surface area contributed by atoms with Crippen molar-refractivity contribution < 1.29 is 14.3 Å². The maximum atomic E-state index is 10.6. The Morgan fingerprint density at radius 3 is 2.67 bits per heavy atom. The minimum atomic E-state index is -0.671. The summed E-state index contributed by atoms with van der Waals surface area (Å²) in [6.45, 7) is 0.211. The fourth-order valence-electron chi connectivity index (χ4n) is 0.933. The number of halogens is 1. The molecule has 0 unspecified atom stereocenters. The van der Waals surface area contributed by atoms with Crippen LogP contribution in [0.4, 0.5) is 4.79 Å². The molecule has 0 aliphatic carbocycles. The quantitative estimate of drug-likeness (QED) is 0.791. The molecule has 0 radical (unpaired) electrons. The molecule has 1 aromatic rings. The first-order valence-electron chi connectivity index (χ1n) is 4.35. The summed E-state index contributed by atoms with van der Waals surface area (Å²) in [5.41, 5.74) is 1.05. The second-order valence-corrected chi connectivity index (χ2v) is 3.63. The Kier molecular flexibility index (Phi) is 4.90. The second kappa shape index (κ2) is 6.24. The van der Waals surface area contributed by atoms with Gasteiger partial charge in [-0.05, 0) is 23.8 Å². The zero-order valence-electron chi connectivity index (χ0n) is 8.27. The van der Waals surface area contributed by atoms with Gasteiger partial charge in [0.25, 0.3) is 0 Å². The molecule has 0 heterocycles. The number of rotatable bonds is 3. The second-order valence-electron chi connectivity index (χ2n) is 2.72. The third-order valence-corrected chi connectivity index (χ3v) is 2.17. The number of ether oxygens (including phenoxy) is 2. The molecule has 0 spiro atoms. The molecule has 0 aromatic heterocycles. The molecule has 0 atom stereocenters. The van der Waals surface area contributed by atoms with Crippen molar-refractivity contribution in [3.05, 3.63) is 40.4 Å². The van der Waals surface area contributed by atoms with Crippen molar-refractivity contribution in [2.75, 3.05) is 13.7 Å². The van der Waals surface area contributed by atoms with Crippen LogP contribution in [0.25, 0.3) is 6.08 Å². The van der Waals surface area contributed by atoms with Gasteiger partial charge >= 0.3 is 6.16 Å². The van der Waals surface area contributed by atoms with E-state index in [2.05, 4.69) is 25.4 Å². The minimum absolute atomic E-state index is 0.211. The van der Waals surface area contributed by atoms with Crippen molar-refractivity contribution >= 4 is 28.2 Å². The van der Waals surface area contributed by atoms with Crippen LogP contribution >= 0.6 is 15.9 Å². The van der Waals surface area contributed by atoms with Crippen molar-refractivity contribution in [1.29, 1.82) is 0 Å². The van der Waals surface area contributed by atoms with E-state index in [4.69, 9.17) is 0 Å². The van der Waals surface area contributed by atoms with E-state index in [-0.39, 0.29) is 6.61 Å². The third-order valence-electron chi connectivity index (χ3n) is 1.64. The normalized spacial score (nSPS) is 10.3. The lowest BCUT2D eigenvalue weighted by Crippen LogP contribution is -2.03. The number of carbonyl (C=O) groups excluding carboxylic acids is 1. The van der Waals surface area contributed by atoms with E-state index in [9.17, 15) is 4.79 Å².